The highest BCUT2D eigenvalue weighted by Gasteiger charge is 2.59. The second-order valence-corrected chi connectivity index (χ2v) is 3.55. The van der Waals surface area contributed by atoms with Gasteiger partial charge in [0.15, 0.2) is 0 Å². The van der Waals surface area contributed by atoms with Gasteiger partial charge in [-0.25, -0.2) is 4.79 Å². The zero-order chi connectivity index (χ0) is 9.35. The molecule has 3 nitrogen and oxygen atoms in total. The van der Waals surface area contributed by atoms with Crippen LogP contribution in [0.1, 0.15) is 13.8 Å². The van der Waals surface area contributed by atoms with E-state index >= 15 is 0 Å². The van der Waals surface area contributed by atoms with Crippen LogP contribution in [0.4, 0.5) is 0 Å². The van der Waals surface area contributed by atoms with Crippen LogP contribution in [0, 0.1) is 0 Å². The van der Waals surface area contributed by atoms with Crippen LogP contribution in [-0.4, -0.2) is 43.1 Å². The fraction of sp³-hybridized carbons (Fsp3) is 0.778. The Morgan fingerprint density at radius 2 is 2.25 bits per heavy atom. The van der Waals surface area contributed by atoms with Gasteiger partial charge in [0.1, 0.15) is 5.94 Å². The van der Waals surface area contributed by atoms with Crippen LogP contribution in [0.3, 0.4) is 0 Å². The summed E-state index contributed by atoms with van der Waals surface area (Å²) in [6.45, 7) is 4.98. The lowest BCUT2D eigenvalue weighted by molar-refractivity contribution is 0.286. The monoisotopic (exact) mass is 168 g/mol. The van der Waals surface area contributed by atoms with Crippen molar-refractivity contribution in [2.45, 2.75) is 25.4 Å². The Bertz CT molecular complexity index is 231. The summed E-state index contributed by atoms with van der Waals surface area (Å²) >= 11 is 0. The van der Waals surface area contributed by atoms with Gasteiger partial charge in [0.05, 0.1) is 17.2 Å². The van der Waals surface area contributed by atoms with E-state index in [0.717, 1.165) is 12.1 Å². The van der Waals surface area contributed by atoms with E-state index in [0.29, 0.717) is 0 Å². The molecule has 1 aliphatic rings. The molecule has 68 valence electrons. The van der Waals surface area contributed by atoms with Crippen LogP contribution in [-0.2, 0) is 4.79 Å². The maximum Gasteiger partial charge on any atom is 0.127 e. The molecule has 0 bridgehead atoms. The van der Waals surface area contributed by atoms with E-state index in [-0.39, 0.29) is 11.6 Å². The second-order valence-electron chi connectivity index (χ2n) is 3.55. The molecule has 0 aromatic carbocycles. The van der Waals surface area contributed by atoms with Crippen molar-refractivity contribution < 1.29 is 4.79 Å². The third-order valence-corrected chi connectivity index (χ3v) is 2.76. The molecule has 0 heterocycles. The topological polar surface area (TPSA) is 32.3 Å². The molecule has 0 aromatic heterocycles. The molecule has 3 heteroatoms. The van der Waals surface area contributed by atoms with E-state index in [1.807, 2.05) is 27.0 Å². The molecular weight excluding hydrogens is 152 g/mol. The van der Waals surface area contributed by atoms with Crippen molar-refractivity contribution in [2.24, 2.45) is 0 Å². The summed E-state index contributed by atoms with van der Waals surface area (Å²) in [5.41, 5.74) is 0.743. The average molecular weight is 168 g/mol. The molecule has 1 N–H and O–H groups in total. The van der Waals surface area contributed by atoms with Crippen LogP contribution in [0.25, 0.3) is 0 Å². The smallest absolute Gasteiger partial charge is 0.127 e. The molecule has 1 rings (SSSR count). The summed E-state index contributed by atoms with van der Waals surface area (Å²) < 4.78 is 0. The van der Waals surface area contributed by atoms with E-state index in [1.165, 1.54) is 0 Å². The van der Waals surface area contributed by atoms with Crippen molar-refractivity contribution in [2.75, 3.05) is 20.6 Å². The van der Waals surface area contributed by atoms with Crippen LogP contribution >= 0.6 is 0 Å². The van der Waals surface area contributed by atoms with E-state index in [2.05, 4.69) is 17.1 Å². The summed E-state index contributed by atoms with van der Waals surface area (Å²) in [5.74, 6) is 2.01. The Morgan fingerprint density at radius 3 is 2.50 bits per heavy atom. The highest BCUT2D eigenvalue weighted by atomic mass is 16.1. The number of rotatable bonds is 3. The average Bonchev–Trinajstić information content (AvgIpc) is 2.59. The molecule has 12 heavy (non-hydrogen) atoms. The fourth-order valence-corrected chi connectivity index (χ4v) is 1.59. The van der Waals surface area contributed by atoms with Crippen LogP contribution < -0.4 is 5.32 Å². The van der Waals surface area contributed by atoms with E-state index in [4.69, 9.17) is 0 Å². The summed E-state index contributed by atoms with van der Waals surface area (Å²) in [6.07, 6.45) is 0. The normalized spacial score (nSPS) is 33.8. The first-order chi connectivity index (χ1) is 5.58. The quantitative estimate of drug-likeness (QED) is 0.605. The molecule has 0 radical (unpaired) electrons. The maximum absolute atomic E-state index is 10.5. The number of nitrogens with zero attached hydrogens (tertiary/aromatic N) is 1. The van der Waals surface area contributed by atoms with Gasteiger partial charge in [-0.3, -0.25) is 4.90 Å². The predicted octanol–water partition coefficient (Wildman–Crippen LogP) is 0.0564. The number of carbonyl (C=O) groups excluding carboxylic acids is 1. The Hall–Kier alpha value is -0.630. The van der Waals surface area contributed by atoms with Gasteiger partial charge in [-0.15, -0.1) is 0 Å². The highest BCUT2D eigenvalue weighted by molar-refractivity contribution is 5.70. The summed E-state index contributed by atoms with van der Waals surface area (Å²) in [5, 5.41) is 3.25. The van der Waals surface area contributed by atoms with Crippen molar-refractivity contribution >= 4 is 5.94 Å². The molecule has 0 aromatic rings. The van der Waals surface area contributed by atoms with Crippen molar-refractivity contribution in [1.82, 2.24) is 10.2 Å². The Kier molecular flexibility index (Phi) is 2.38. The third-order valence-electron chi connectivity index (χ3n) is 2.76. The SMILES string of the molecule is CCNC1C(=C=O)C1(C)N(C)C. The lowest BCUT2D eigenvalue weighted by Gasteiger charge is -2.18. The van der Waals surface area contributed by atoms with E-state index < -0.39 is 0 Å². The van der Waals surface area contributed by atoms with E-state index in [9.17, 15) is 4.79 Å². The van der Waals surface area contributed by atoms with Crippen LogP contribution in [0.15, 0.2) is 5.57 Å². The minimum atomic E-state index is -0.0994. The third kappa shape index (κ3) is 1.11. The van der Waals surface area contributed by atoms with Crippen LogP contribution in [0.2, 0.25) is 0 Å². The summed E-state index contributed by atoms with van der Waals surface area (Å²) in [7, 11) is 3.96. The minimum Gasteiger partial charge on any atom is -0.308 e. The maximum atomic E-state index is 10.5. The summed E-state index contributed by atoms with van der Waals surface area (Å²) in [4.78, 5) is 12.6. The molecule has 0 aliphatic heterocycles. The molecule has 1 fully saturated rings. The van der Waals surface area contributed by atoms with Gasteiger partial charge < -0.3 is 5.32 Å². The predicted molar refractivity (Wildman–Crippen MR) is 48.8 cm³/mol. The van der Waals surface area contributed by atoms with Gasteiger partial charge in [0.2, 0.25) is 0 Å². The number of hydrogen-bond acceptors (Lipinski definition) is 3. The van der Waals surface area contributed by atoms with Crippen molar-refractivity contribution in [3.8, 4) is 0 Å². The Morgan fingerprint density at radius 1 is 1.67 bits per heavy atom. The second kappa shape index (κ2) is 3.02. The number of nitrogens with one attached hydrogen (secondary N) is 1. The standard InChI is InChI=1S/C9H16N2O/c1-5-10-8-7(6-12)9(8,2)11(3)4/h8,10H,5H2,1-4H3. The van der Waals surface area contributed by atoms with E-state index in [1.54, 1.807) is 0 Å². The lowest BCUT2D eigenvalue weighted by Crippen LogP contribution is -2.35. The molecule has 0 saturated heterocycles. The minimum absolute atomic E-state index is 0.0994. The van der Waals surface area contributed by atoms with Gasteiger partial charge in [0.25, 0.3) is 0 Å². The van der Waals surface area contributed by atoms with Crippen molar-refractivity contribution in [1.29, 1.82) is 0 Å². The Balaban J connectivity index is 2.76. The van der Waals surface area contributed by atoms with Gasteiger partial charge in [-0.05, 0) is 27.6 Å². The first kappa shape index (κ1) is 9.46. The van der Waals surface area contributed by atoms with Crippen LogP contribution in [0.5, 0.6) is 0 Å². The number of hydrogen-bond donors (Lipinski definition) is 1. The molecular formula is C9H16N2O. The largest absolute Gasteiger partial charge is 0.308 e. The molecule has 0 spiro atoms. The van der Waals surface area contributed by atoms with Gasteiger partial charge in [-0.1, -0.05) is 6.92 Å². The molecule has 1 aliphatic carbocycles. The molecule has 1 saturated carbocycles. The summed E-state index contributed by atoms with van der Waals surface area (Å²) in [6, 6.07) is 0.204. The first-order valence-corrected chi connectivity index (χ1v) is 4.25. The number of likely N-dealkylation sites (N-methyl/N-ethyl adjacent to an activating group) is 2. The van der Waals surface area contributed by atoms with Crippen molar-refractivity contribution in [3.05, 3.63) is 5.57 Å². The molecule has 0 amide bonds. The zero-order valence-electron chi connectivity index (χ0n) is 8.14. The van der Waals surface area contributed by atoms with Gasteiger partial charge in [-0.2, -0.15) is 0 Å². The Labute approximate surface area is 73.4 Å². The first-order valence-electron chi connectivity index (χ1n) is 4.25. The lowest BCUT2D eigenvalue weighted by atomic mass is 10.2. The highest BCUT2D eigenvalue weighted by Crippen LogP contribution is 2.44. The fourth-order valence-electron chi connectivity index (χ4n) is 1.59. The zero-order valence-corrected chi connectivity index (χ0v) is 8.14. The van der Waals surface area contributed by atoms with Gasteiger partial charge in [0, 0.05) is 0 Å². The van der Waals surface area contributed by atoms with Gasteiger partial charge >= 0.3 is 0 Å². The van der Waals surface area contributed by atoms with Crippen molar-refractivity contribution in [3.63, 3.8) is 0 Å². The molecule has 2 atom stereocenters. The molecule has 2 unspecified atom stereocenters.